The number of nitrogens with one attached hydrogen (secondary N) is 1. The van der Waals surface area contributed by atoms with Crippen molar-refractivity contribution in [1.29, 1.82) is 0 Å². The van der Waals surface area contributed by atoms with E-state index in [0.29, 0.717) is 32.0 Å². The zero-order valence-electron chi connectivity index (χ0n) is 17.5. The molecule has 0 spiro atoms. The van der Waals surface area contributed by atoms with E-state index in [-0.39, 0.29) is 10.8 Å². The van der Waals surface area contributed by atoms with Crippen molar-refractivity contribution in [3.8, 4) is 0 Å². The summed E-state index contributed by atoms with van der Waals surface area (Å²) < 4.78 is 34.5. The van der Waals surface area contributed by atoms with E-state index in [1.165, 1.54) is 28.6 Å². The summed E-state index contributed by atoms with van der Waals surface area (Å²) in [6.07, 6.45) is 4.29. The fourth-order valence-corrected chi connectivity index (χ4v) is 6.02. The average Bonchev–Trinajstić information content (AvgIpc) is 3.00. The molecule has 2 aliphatic heterocycles. The molecule has 1 amide bonds. The van der Waals surface area contributed by atoms with Crippen LogP contribution in [0.2, 0.25) is 0 Å². The maximum atomic E-state index is 12.9. The molecule has 1 N–H and O–H groups in total. The Morgan fingerprint density at radius 3 is 2.77 bits per heavy atom. The standard InChI is InChI=1S/C20H27N5O4S2/c1-15(30-20-23-22-18-8-3-2-4-9-25(18)20)19(26)21-16-6-5-7-17(14-16)31(27,28)24-10-12-29-13-11-24/h5-7,14-15H,2-4,8-13H2,1H3,(H,21,26)/t15-/m1/s1. The number of fused-ring (bicyclic) bond motifs is 1. The molecule has 1 aromatic heterocycles. The number of aryl methyl sites for hydroxylation is 1. The van der Waals surface area contributed by atoms with Gasteiger partial charge in [-0.05, 0) is 38.0 Å². The number of carbonyl (C=O) groups is 1. The molecule has 168 valence electrons. The number of thioether (sulfide) groups is 1. The summed E-state index contributed by atoms with van der Waals surface area (Å²) >= 11 is 1.37. The first kappa shape index (κ1) is 22.3. The zero-order valence-corrected chi connectivity index (χ0v) is 19.1. The largest absolute Gasteiger partial charge is 0.379 e. The number of hydrogen-bond acceptors (Lipinski definition) is 7. The monoisotopic (exact) mass is 465 g/mol. The smallest absolute Gasteiger partial charge is 0.243 e. The molecule has 0 radical (unpaired) electrons. The first-order valence-electron chi connectivity index (χ1n) is 10.5. The van der Waals surface area contributed by atoms with E-state index in [1.807, 2.05) is 6.92 Å². The van der Waals surface area contributed by atoms with Crippen LogP contribution >= 0.6 is 11.8 Å². The highest BCUT2D eigenvalue weighted by Crippen LogP contribution is 2.27. The molecule has 2 aliphatic rings. The number of hydrogen-bond donors (Lipinski definition) is 1. The van der Waals surface area contributed by atoms with E-state index in [0.717, 1.165) is 36.8 Å². The number of aromatic nitrogens is 3. The van der Waals surface area contributed by atoms with Gasteiger partial charge in [0.1, 0.15) is 5.82 Å². The van der Waals surface area contributed by atoms with Gasteiger partial charge in [0.05, 0.1) is 23.4 Å². The predicted molar refractivity (Wildman–Crippen MR) is 118 cm³/mol. The molecule has 11 heteroatoms. The van der Waals surface area contributed by atoms with Crippen LogP contribution in [0.4, 0.5) is 5.69 Å². The van der Waals surface area contributed by atoms with Crippen LogP contribution in [0.15, 0.2) is 34.3 Å². The molecule has 0 saturated carbocycles. The third-order valence-corrected chi connectivity index (χ3v) is 8.41. The molecule has 1 fully saturated rings. The summed E-state index contributed by atoms with van der Waals surface area (Å²) in [5, 5.41) is 11.7. The van der Waals surface area contributed by atoms with E-state index in [1.54, 1.807) is 18.2 Å². The molecule has 1 atom stereocenters. The minimum atomic E-state index is -3.62. The predicted octanol–water partition coefficient (Wildman–Crippen LogP) is 2.14. The molecule has 0 unspecified atom stereocenters. The molecule has 0 aliphatic carbocycles. The number of amides is 1. The second-order valence-corrected chi connectivity index (χ2v) is 10.9. The molecule has 31 heavy (non-hydrogen) atoms. The SMILES string of the molecule is C[C@@H](Sc1nnc2n1CCCCC2)C(=O)Nc1cccc(S(=O)(=O)N2CCOCC2)c1. The fraction of sp³-hybridized carbons (Fsp3) is 0.550. The highest BCUT2D eigenvalue weighted by molar-refractivity contribution is 8.00. The summed E-state index contributed by atoms with van der Waals surface area (Å²) in [6.45, 7) is 4.12. The summed E-state index contributed by atoms with van der Waals surface area (Å²) in [5.74, 6) is 0.769. The van der Waals surface area contributed by atoms with E-state index in [9.17, 15) is 13.2 Å². The Morgan fingerprint density at radius 2 is 1.97 bits per heavy atom. The van der Waals surface area contributed by atoms with E-state index < -0.39 is 15.3 Å². The molecule has 3 heterocycles. The van der Waals surface area contributed by atoms with Crippen molar-refractivity contribution in [2.75, 3.05) is 31.6 Å². The molecule has 1 aromatic carbocycles. The highest BCUT2D eigenvalue weighted by Gasteiger charge is 2.27. The summed E-state index contributed by atoms with van der Waals surface area (Å²) in [5.41, 5.74) is 0.451. The van der Waals surface area contributed by atoms with Crippen molar-refractivity contribution in [2.45, 2.75) is 54.5 Å². The van der Waals surface area contributed by atoms with Crippen LogP contribution in [-0.2, 0) is 32.5 Å². The Hall–Kier alpha value is -1.95. The van der Waals surface area contributed by atoms with Gasteiger partial charge in [-0.25, -0.2) is 8.42 Å². The van der Waals surface area contributed by atoms with Crippen LogP contribution in [-0.4, -0.2) is 64.9 Å². The van der Waals surface area contributed by atoms with Crippen molar-refractivity contribution in [3.63, 3.8) is 0 Å². The first-order valence-corrected chi connectivity index (χ1v) is 12.8. The number of nitrogens with zero attached hydrogens (tertiary/aromatic N) is 4. The molecule has 0 bridgehead atoms. The van der Waals surface area contributed by atoms with Crippen LogP contribution in [0.25, 0.3) is 0 Å². The number of carbonyl (C=O) groups excluding carboxylic acids is 1. The lowest BCUT2D eigenvalue weighted by Gasteiger charge is -2.26. The molecular weight excluding hydrogens is 438 g/mol. The van der Waals surface area contributed by atoms with Crippen LogP contribution in [0.5, 0.6) is 0 Å². The summed E-state index contributed by atoms with van der Waals surface area (Å²) in [4.78, 5) is 12.9. The van der Waals surface area contributed by atoms with Gasteiger partial charge in [0.2, 0.25) is 15.9 Å². The average molecular weight is 466 g/mol. The molecular formula is C20H27N5O4S2. The van der Waals surface area contributed by atoms with Crippen LogP contribution in [0.1, 0.15) is 32.0 Å². The van der Waals surface area contributed by atoms with Crippen molar-refractivity contribution >= 4 is 33.4 Å². The minimum Gasteiger partial charge on any atom is -0.379 e. The second-order valence-electron chi connectivity index (χ2n) is 7.65. The second kappa shape index (κ2) is 9.68. The Balaban J connectivity index is 1.43. The van der Waals surface area contributed by atoms with Crippen LogP contribution in [0.3, 0.4) is 0 Å². The first-order chi connectivity index (χ1) is 14.9. The van der Waals surface area contributed by atoms with Gasteiger partial charge in [-0.15, -0.1) is 10.2 Å². The lowest BCUT2D eigenvalue weighted by molar-refractivity contribution is -0.115. The molecule has 4 rings (SSSR count). The van der Waals surface area contributed by atoms with Gasteiger partial charge in [0.25, 0.3) is 0 Å². The topological polar surface area (TPSA) is 106 Å². The van der Waals surface area contributed by atoms with E-state index >= 15 is 0 Å². The van der Waals surface area contributed by atoms with E-state index in [4.69, 9.17) is 4.74 Å². The Morgan fingerprint density at radius 1 is 1.16 bits per heavy atom. The number of benzene rings is 1. The Bertz CT molecular complexity index is 1030. The van der Waals surface area contributed by atoms with Crippen LogP contribution < -0.4 is 5.32 Å². The normalized spacial score (nSPS) is 18.7. The van der Waals surface area contributed by atoms with Gasteiger partial charge >= 0.3 is 0 Å². The van der Waals surface area contributed by atoms with Gasteiger partial charge in [-0.1, -0.05) is 24.2 Å². The fourth-order valence-electron chi connectivity index (χ4n) is 3.67. The Labute approximate surface area is 186 Å². The maximum absolute atomic E-state index is 12.9. The molecule has 1 saturated heterocycles. The van der Waals surface area contributed by atoms with Crippen LogP contribution in [0, 0.1) is 0 Å². The third kappa shape index (κ3) is 5.11. The summed E-state index contributed by atoms with van der Waals surface area (Å²) in [7, 11) is -3.62. The van der Waals surface area contributed by atoms with Gasteiger partial charge < -0.3 is 14.6 Å². The van der Waals surface area contributed by atoms with Crippen molar-refractivity contribution in [3.05, 3.63) is 30.1 Å². The maximum Gasteiger partial charge on any atom is 0.243 e. The van der Waals surface area contributed by atoms with Gasteiger partial charge in [0, 0.05) is 31.7 Å². The van der Waals surface area contributed by atoms with E-state index in [2.05, 4.69) is 20.1 Å². The van der Waals surface area contributed by atoms with Crippen molar-refractivity contribution < 1.29 is 17.9 Å². The minimum absolute atomic E-state index is 0.162. The van der Waals surface area contributed by atoms with Crippen molar-refractivity contribution in [2.24, 2.45) is 0 Å². The number of rotatable bonds is 6. The molecule has 2 aromatic rings. The number of morpholine rings is 1. The molecule has 9 nitrogen and oxygen atoms in total. The zero-order chi connectivity index (χ0) is 21.8. The summed E-state index contributed by atoms with van der Waals surface area (Å²) in [6, 6.07) is 6.38. The van der Waals surface area contributed by atoms with Gasteiger partial charge in [-0.3, -0.25) is 4.79 Å². The third-order valence-electron chi connectivity index (χ3n) is 5.44. The number of sulfonamides is 1. The number of ether oxygens (including phenoxy) is 1. The number of anilines is 1. The van der Waals surface area contributed by atoms with Gasteiger partial charge in [0.15, 0.2) is 5.16 Å². The lowest BCUT2D eigenvalue weighted by Crippen LogP contribution is -2.40. The quantitative estimate of drug-likeness (QED) is 0.652. The lowest BCUT2D eigenvalue weighted by atomic mass is 10.2. The van der Waals surface area contributed by atoms with Gasteiger partial charge in [-0.2, -0.15) is 4.31 Å². The Kier molecular flexibility index (Phi) is 6.95. The van der Waals surface area contributed by atoms with Crippen molar-refractivity contribution in [1.82, 2.24) is 19.1 Å². The highest BCUT2D eigenvalue weighted by atomic mass is 32.2.